The van der Waals surface area contributed by atoms with Gasteiger partial charge in [0.15, 0.2) is 6.61 Å². The van der Waals surface area contributed by atoms with Crippen LogP contribution in [0.1, 0.15) is 6.92 Å². The highest BCUT2D eigenvalue weighted by atomic mass is 16.5. The molecule has 20 heavy (non-hydrogen) atoms. The monoisotopic (exact) mass is 277 g/mol. The van der Waals surface area contributed by atoms with Gasteiger partial charge in [-0.15, -0.1) is 0 Å². The van der Waals surface area contributed by atoms with Crippen LogP contribution in [0, 0.1) is 5.92 Å². The fourth-order valence-electron chi connectivity index (χ4n) is 2.63. The number of benzene rings is 1. The van der Waals surface area contributed by atoms with Gasteiger partial charge in [-0.1, -0.05) is 6.92 Å². The van der Waals surface area contributed by atoms with E-state index in [2.05, 4.69) is 25.9 Å². The molecule has 0 radical (unpaired) electrons. The summed E-state index contributed by atoms with van der Waals surface area (Å²) in [4.78, 5) is 16.2. The van der Waals surface area contributed by atoms with Crippen LogP contribution in [0.5, 0.6) is 5.75 Å². The zero-order valence-electron chi connectivity index (χ0n) is 12.4. The van der Waals surface area contributed by atoms with Crippen molar-refractivity contribution in [1.29, 1.82) is 0 Å². The minimum absolute atomic E-state index is 0.0398. The predicted molar refractivity (Wildman–Crippen MR) is 79.6 cm³/mol. The molecule has 0 aromatic heterocycles. The number of likely N-dealkylation sites (tertiary alicyclic amines) is 1. The van der Waals surface area contributed by atoms with Crippen LogP contribution in [0.2, 0.25) is 0 Å². The predicted octanol–water partition coefficient (Wildman–Crippen LogP) is 1.06. The molecule has 2 unspecified atom stereocenters. The fraction of sp³-hybridized carbons (Fsp3) is 0.533. The Labute approximate surface area is 120 Å². The molecule has 110 valence electrons. The molecule has 0 saturated carbocycles. The first-order valence-corrected chi connectivity index (χ1v) is 6.90. The van der Waals surface area contributed by atoms with E-state index >= 15 is 0 Å². The van der Waals surface area contributed by atoms with Gasteiger partial charge in [0, 0.05) is 24.8 Å². The first-order chi connectivity index (χ1) is 9.47. The van der Waals surface area contributed by atoms with E-state index in [1.165, 1.54) is 0 Å². The lowest BCUT2D eigenvalue weighted by Crippen LogP contribution is -2.37. The normalized spacial score (nSPS) is 22.3. The van der Waals surface area contributed by atoms with E-state index in [1.807, 2.05) is 4.90 Å². The van der Waals surface area contributed by atoms with Gasteiger partial charge in [-0.3, -0.25) is 4.79 Å². The van der Waals surface area contributed by atoms with Gasteiger partial charge in [0.25, 0.3) is 5.91 Å². The zero-order valence-corrected chi connectivity index (χ0v) is 12.4. The van der Waals surface area contributed by atoms with Crippen molar-refractivity contribution in [3.8, 4) is 5.75 Å². The summed E-state index contributed by atoms with van der Waals surface area (Å²) in [6.45, 7) is 3.83. The number of carbonyl (C=O) groups excluding carboxylic acids is 1. The number of nitrogens with two attached hydrogens (primary N) is 1. The third-order valence-corrected chi connectivity index (χ3v) is 3.83. The summed E-state index contributed by atoms with van der Waals surface area (Å²) in [7, 11) is 4.11. The van der Waals surface area contributed by atoms with Gasteiger partial charge in [0.05, 0.1) is 0 Å². The van der Waals surface area contributed by atoms with Crippen molar-refractivity contribution >= 4 is 11.6 Å². The molecule has 5 heteroatoms. The number of hydrogen-bond acceptors (Lipinski definition) is 4. The highest BCUT2D eigenvalue weighted by Crippen LogP contribution is 2.20. The standard InChI is InChI=1S/C15H23N3O2/c1-11-8-18(9-14(11)17(2)3)15(19)10-20-13-6-4-12(16)5-7-13/h4-7,11,14H,8-10,16H2,1-3H3. The topological polar surface area (TPSA) is 58.8 Å². The van der Waals surface area contributed by atoms with E-state index in [1.54, 1.807) is 24.3 Å². The second-order valence-corrected chi connectivity index (χ2v) is 5.66. The number of hydrogen-bond donors (Lipinski definition) is 1. The molecule has 1 aromatic rings. The molecule has 2 atom stereocenters. The summed E-state index contributed by atoms with van der Waals surface area (Å²) < 4.78 is 5.51. The van der Waals surface area contributed by atoms with Crippen LogP contribution >= 0.6 is 0 Å². The maximum absolute atomic E-state index is 12.2. The molecular formula is C15H23N3O2. The van der Waals surface area contributed by atoms with Crippen LogP contribution < -0.4 is 10.5 Å². The second-order valence-electron chi connectivity index (χ2n) is 5.66. The Morgan fingerprint density at radius 1 is 1.35 bits per heavy atom. The van der Waals surface area contributed by atoms with Crippen LogP contribution in [0.4, 0.5) is 5.69 Å². The Morgan fingerprint density at radius 2 is 2.00 bits per heavy atom. The Kier molecular flexibility index (Phi) is 4.49. The minimum atomic E-state index is 0.0398. The number of rotatable bonds is 4. The number of nitrogens with zero attached hydrogens (tertiary/aromatic N) is 2. The summed E-state index contributed by atoms with van der Waals surface area (Å²) in [5.74, 6) is 1.20. The Hall–Kier alpha value is -1.75. The van der Waals surface area contributed by atoms with Crippen LogP contribution in [-0.2, 0) is 4.79 Å². The van der Waals surface area contributed by atoms with Crippen LogP contribution in [0.3, 0.4) is 0 Å². The molecule has 1 heterocycles. The third kappa shape index (κ3) is 3.42. The van der Waals surface area contributed by atoms with Gasteiger partial charge in [0.2, 0.25) is 0 Å². The van der Waals surface area contributed by atoms with Crippen LogP contribution in [0.25, 0.3) is 0 Å². The SMILES string of the molecule is CC1CN(C(=O)COc2ccc(N)cc2)CC1N(C)C. The van der Waals surface area contributed by atoms with Gasteiger partial charge >= 0.3 is 0 Å². The van der Waals surface area contributed by atoms with Crippen molar-refractivity contribution in [1.82, 2.24) is 9.80 Å². The Balaban J connectivity index is 1.85. The van der Waals surface area contributed by atoms with E-state index in [4.69, 9.17) is 10.5 Å². The molecule has 2 N–H and O–H groups in total. The van der Waals surface area contributed by atoms with Crippen LogP contribution in [0.15, 0.2) is 24.3 Å². The summed E-state index contributed by atoms with van der Waals surface area (Å²) in [6.07, 6.45) is 0. The quantitative estimate of drug-likeness (QED) is 0.836. The summed E-state index contributed by atoms with van der Waals surface area (Å²) in [5, 5.41) is 0. The number of ether oxygens (including phenoxy) is 1. The first-order valence-electron chi connectivity index (χ1n) is 6.90. The Bertz CT molecular complexity index is 459. The average molecular weight is 277 g/mol. The molecule has 1 aromatic carbocycles. The molecule has 1 amide bonds. The number of nitrogen functional groups attached to an aromatic ring is 1. The van der Waals surface area contributed by atoms with Gasteiger partial charge in [0.1, 0.15) is 5.75 Å². The average Bonchev–Trinajstić information content (AvgIpc) is 2.80. The molecule has 1 saturated heterocycles. The summed E-state index contributed by atoms with van der Waals surface area (Å²) in [6, 6.07) is 7.51. The molecule has 0 aliphatic carbocycles. The van der Waals surface area contributed by atoms with Gasteiger partial charge in [-0.25, -0.2) is 0 Å². The first kappa shape index (κ1) is 14.7. The lowest BCUT2D eigenvalue weighted by molar-refractivity contribution is -0.132. The van der Waals surface area contributed by atoms with Crippen molar-refractivity contribution in [3.05, 3.63) is 24.3 Å². The highest BCUT2D eigenvalue weighted by molar-refractivity contribution is 5.78. The number of amides is 1. The number of carbonyl (C=O) groups is 1. The third-order valence-electron chi connectivity index (χ3n) is 3.83. The maximum Gasteiger partial charge on any atom is 0.260 e. The van der Waals surface area contributed by atoms with E-state index < -0.39 is 0 Å². The Morgan fingerprint density at radius 3 is 2.55 bits per heavy atom. The number of likely N-dealkylation sites (N-methyl/N-ethyl adjacent to an activating group) is 1. The molecule has 0 spiro atoms. The van der Waals surface area contributed by atoms with Crippen LogP contribution in [-0.4, -0.2) is 55.5 Å². The van der Waals surface area contributed by atoms with Gasteiger partial charge in [-0.2, -0.15) is 0 Å². The summed E-state index contributed by atoms with van der Waals surface area (Å²) >= 11 is 0. The van der Waals surface area contributed by atoms with Crippen molar-refractivity contribution in [3.63, 3.8) is 0 Å². The molecule has 1 fully saturated rings. The molecule has 1 aliphatic heterocycles. The zero-order chi connectivity index (χ0) is 14.7. The van der Waals surface area contributed by atoms with Crippen molar-refractivity contribution in [2.45, 2.75) is 13.0 Å². The van der Waals surface area contributed by atoms with E-state index in [9.17, 15) is 4.79 Å². The lowest BCUT2D eigenvalue weighted by atomic mass is 10.1. The smallest absolute Gasteiger partial charge is 0.260 e. The molecular weight excluding hydrogens is 254 g/mol. The van der Waals surface area contributed by atoms with E-state index in [0.717, 1.165) is 13.1 Å². The fourth-order valence-corrected chi connectivity index (χ4v) is 2.63. The van der Waals surface area contributed by atoms with Crippen molar-refractivity contribution in [2.75, 3.05) is 39.5 Å². The maximum atomic E-state index is 12.2. The second kappa shape index (κ2) is 6.13. The van der Waals surface area contributed by atoms with E-state index in [-0.39, 0.29) is 12.5 Å². The highest BCUT2D eigenvalue weighted by Gasteiger charge is 2.33. The van der Waals surface area contributed by atoms with Gasteiger partial charge < -0.3 is 20.3 Å². The minimum Gasteiger partial charge on any atom is -0.484 e. The molecule has 5 nitrogen and oxygen atoms in total. The van der Waals surface area contributed by atoms with Crippen molar-refractivity contribution in [2.24, 2.45) is 5.92 Å². The van der Waals surface area contributed by atoms with E-state index in [0.29, 0.717) is 23.4 Å². The number of anilines is 1. The van der Waals surface area contributed by atoms with Gasteiger partial charge in [-0.05, 0) is 44.3 Å². The molecule has 0 bridgehead atoms. The summed E-state index contributed by atoms with van der Waals surface area (Å²) in [5.41, 5.74) is 6.29. The molecule has 2 rings (SSSR count). The largest absolute Gasteiger partial charge is 0.484 e. The van der Waals surface area contributed by atoms with Crippen molar-refractivity contribution < 1.29 is 9.53 Å². The molecule has 1 aliphatic rings. The lowest BCUT2D eigenvalue weighted by Gasteiger charge is -2.22.